The van der Waals surface area contributed by atoms with Crippen molar-refractivity contribution in [1.82, 2.24) is 0 Å². The van der Waals surface area contributed by atoms with Gasteiger partial charge in [-0.25, -0.2) is 0 Å². The number of carbonyl (C=O) groups excluding carboxylic acids is 1. The van der Waals surface area contributed by atoms with Gasteiger partial charge in [0, 0.05) is 4.47 Å². The normalized spacial score (nSPS) is 10.4. The van der Waals surface area contributed by atoms with Crippen LogP contribution in [0.3, 0.4) is 0 Å². The number of benzene rings is 1. The quantitative estimate of drug-likeness (QED) is 0.786. The van der Waals surface area contributed by atoms with E-state index in [2.05, 4.69) is 15.9 Å². The van der Waals surface area contributed by atoms with E-state index in [-0.39, 0.29) is 5.97 Å². The molecule has 3 heteroatoms. The Morgan fingerprint density at radius 1 is 1.33 bits per heavy atom. The first-order valence-corrected chi connectivity index (χ1v) is 5.77. The Labute approximate surface area is 98.8 Å². The Kier molecular flexibility index (Phi) is 4.82. The topological polar surface area (TPSA) is 26.3 Å². The number of ether oxygens (including phenoxy) is 1. The van der Waals surface area contributed by atoms with E-state index in [1.165, 1.54) is 0 Å². The van der Waals surface area contributed by atoms with Crippen molar-refractivity contribution in [2.75, 3.05) is 6.61 Å². The third kappa shape index (κ3) is 4.98. The molecule has 0 spiro atoms. The highest BCUT2D eigenvalue weighted by Gasteiger charge is 2.05. The zero-order chi connectivity index (χ0) is 11.3. The van der Waals surface area contributed by atoms with Crippen LogP contribution in [0.5, 0.6) is 0 Å². The number of hydrogen-bond acceptors (Lipinski definition) is 2. The smallest absolute Gasteiger partial charge is 0.310 e. The predicted molar refractivity (Wildman–Crippen MR) is 63.6 cm³/mol. The molecular formula is C12H15BrO2. The summed E-state index contributed by atoms with van der Waals surface area (Å²) in [7, 11) is 0. The lowest BCUT2D eigenvalue weighted by Crippen LogP contribution is -2.12. The Hall–Kier alpha value is -0.830. The van der Waals surface area contributed by atoms with Crippen LogP contribution in [0.25, 0.3) is 0 Å². The molecule has 0 aliphatic carbocycles. The van der Waals surface area contributed by atoms with Gasteiger partial charge in [0.05, 0.1) is 13.0 Å². The fourth-order valence-corrected chi connectivity index (χ4v) is 1.34. The minimum atomic E-state index is -0.161. The highest BCUT2D eigenvalue weighted by Crippen LogP contribution is 2.11. The third-order valence-corrected chi connectivity index (χ3v) is 2.37. The SMILES string of the molecule is CC(C)COC(=O)Cc1ccc(Br)cc1. The number of esters is 1. The Bertz CT molecular complexity index is 317. The van der Waals surface area contributed by atoms with Gasteiger partial charge in [0.15, 0.2) is 0 Å². The molecule has 0 fully saturated rings. The van der Waals surface area contributed by atoms with Gasteiger partial charge < -0.3 is 4.74 Å². The van der Waals surface area contributed by atoms with Crippen molar-refractivity contribution in [2.24, 2.45) is 5.92 Å². The summed E-state index contributed by atoms with van der Waals surface area (Å²) in [6.07, 6.45) is 0.347. The number of carbonyl (C=O) groups is 1. The van der Waals surface area contributed by atoms with Crippen LogP contribution in [-0.2, 0) is 16.0 Å². The van der Waals surface area contributed by atoms with Gasteiger partial charge in [-0.3, -0.25) is 4.79 Å². The number of halogens is 1. The molecule has 0 saturated carbocycles. The summed E-state index contributed by atoms with van der Waals surface area (Å²) in [6, 6.07) is 7.68. The van der Waals surface area contributed by atoms with Gasteiger partial charge in [0.2, 0.25) is 0 Å². The van der Waals surface area contributed by atoms with Crippen LogP contribution in [0.2, 0.25) is 0 Å². The Morgan fingerprint density at radius 2 is 1.93 bits per heavy atom. The van der Waals surface area contributed by atoms with Crippen molar-refractivity contribution >= 4 is 21.9 Å². The first kappa shape index (κ1) is 12.2. The lowest BCUT2D eigenvalue weighted by molar-refractivity contribution is -0.143. The zero-order valence-corrected chi connectivity index (χ0v) is 10.6. The molecule has 1 rings (SSSR count). The van der Waals surface area contributed by atoms with E-state index in [4.69, 9.17) is 4.74 Å². The van der Waals surface area contributed by atoms with Crippen molar-refractivity contribution in [3.8, 4) is 0 Å². The Morgan fingerprint density at radius 3 is 2.47 bits per heavy atom. The lowest BCUT2D eigenvalue weighted by atomic mass is 10.1. The maximum atomic E-state index is 11.4. The fourth-order valence-electron chi connectivity index (χ4n) is 1.08. The number of hydrogen-bond donors (Lipinski definition) is 0. The molecule has 0 radical (unpaired) electrons. The fraction of sp³-hybridized carbons (Fsp3) is 0.417. The molecule has 0 aliphatic rings. The highest BCUT2D eigenvalue weighted by atomic mass is 79.9. The van der Waals surface area contributed by atoms with E-state index < -0.39 is 0 Å². The van der Waals surface area contributed by atoms with Gasteiger partial charge in [0.25, 0.3) is 0 Å². The largest absolute Gasteiger partial charge is 0.465 e. The summed E-state index contributed by atoms with van der Waals surface area (Å²) < 4.78 is 6.10. The molecule has 0 aromatic heterocycles. The Balaban J connectivity index is 2.41. The van der Waals surface area contributed by atoms with Crippen LogP contribution < -0.4 is 0 Å². The van der Waals surface area contributed by atoms with E-state index in [1.54, 1.807) is 0 Å². The van der Waals surface area contributed by atoms with E-state index in [1.807, 2.05) is 38.1 Å². The monoisotopic (exact) mass is 270 g/mol. The van der Waals surface area contributed by atoms with Gasteiger partial charge in [0.1, 0.15) is 0 Å². The number of rotatable bonds is 4. The summed E-state index contributed by atoms with van der Waals surface area (Å²) in [4.78, 5) is 11.4. The molecule has 0 heterocycles. The van der Waals surface area contributed by atoms with E-state index >= 15 is 0 Å². The molecule has 15 heavy (non-hydrogen) atoms. The summed E-state index contributed by atoms with van der Waals surface area (Å²) in [6.45, 7) is 4.54. The van der Waals surface area contributed by atoms with Crippen molar-refractivity contribution < 1.29 is 9.53 Å². The van der Waals surface area contributed by atoms with Gasteiger partial charge in [-0.2, -0.15) is 0 Å². The van der Waals surface area contributed by atoms with Gasteiger partial charge in [-0.1, -0.05) is 41.9 Å². The minimum Gasteiger partial charge on any atom is -0.465 e. The second kappa shape index (κ2) is 5.91. The predicted octanol–water partition coefficient (Wildman–Crippen LogP) is 3.19. The van der Waals surface area contributed by atoms with E-state index in [0.29, 0.717) is 18.9 Å². The van der Waals surface area contributed by atoms with Crippen molar-refractivity contribution in [1.29, 1.82) is 0 Å². The molecule has 0 saturated heterocycles. The molecule has 0 atom stereocenters. The molecule has 0 N–H and O–H groups in total. The first-order chi connectivity index (χ1) is 7.08. The van der Waals surface area contributed by atoms with Crippen LogP contribution in [0.15, 0.2) is 28.7 Å². The van der Waals surface area contributed by atoms with Crippen LogP contribution in [-0.4, -0.2) is 12.6 Å². The molecule has 1 aromatic rings. The summed E-state index contributed by atoms with van der Waals surface area (Å²) >= 11 is 3.35. The molecule has 1 aromatic carbocycles. The van der Waals surface area contributed by atoms with Crippen molar-refractivity contribution in [2.45, 2.75) is 20.3 Å². The second-order valence-corrected chi connectivity index (χ2v) is 4.80. The molecule has 0 aliphatic heterocycles. The van der Waals surface area contributed by atoms with E-state index in [9.17, 15) is 4.79 Å². The lowest BCUT2D eigenvalue weighted by Gasteiger charge is -2.06. The van der Waals surface area contributed by atoms with Crippen LogP contribution >= 0.6 is 15.9 Å². The maximum absolute atomic E-state index is 11.4. The minimum absolute atomic E-state index is 0.161. The molecule has 0 amide bonds. The third-order valence-electron chi connectivity index (χ3n) is 1.84. The molecule has 0 unspecified atom stereocenters. The van der Waals surface area contributed by atoms with Gasteiger partial charge >= 0.3 is 5.97 Å². The average molecular weight is 271 g/mol. The zero-order valence-electron chi connectivity index (χ0n) is 9.00. The van der Waals surface area contributed by atoms with Crippen LogP contribution in [0, 0.1) is 5.92 Å². The molecule has 2 nitrogen and oxygen atoms in total. The molecule has 82 valence electrons. The highest BCUT2D eigenvalue weighted by molar-refractivity contribution is 9.10. The maximum Gasteiger partial charge on any atom is 0.310 e. The van der Waals surface area contributed by atoms with Crippen molar-refractivity contribution in [3.05, 3.63) is 34.3 Å². The average Bonchev–Trinajstić information content (AvgIpc) is 2.19. The van der Waals surface area contributed by atoms with Gasteiger partial charge in [-0.05, 0) is 23.6 Å². The van der Waals surface area contributed by atoms with Crippen LogP contribution in [0.4, 0.5) is 0 Å². The summed E-state index contributed by atoms with van der Waals surface area (Å²) in [5.74, 6) is 0.227. The van der Waals surface area contributed by atoms with E-state index in [0.717, 1.165) is 10.0 Å². The summed E-state index contributed by atoms with van der Waals surface area (Å²) in [5, 5.41) is 0. The standard InChI is InChI=1S/C12H15BrO2/c1-9(2)8-15-12(14)7-10-3-5-11(13)6-4-10/h3-6,9H,7-8H2,1-2H3. The first-order valence-electron chi connectivity index (χ1n) is 4.98. The summed E-state index contributed by atoms with van der Waals surface area (Å²) in [5.41, 5.74) is 0.979. The van der Waals surface area contributed by atoms with Crippen LogP contribution in [0.1, 0.15) is 19.4 Å². The second-order valence-electron chi connectivity index (χ2n) is 3.88. The van der Waals surface area contributed by atoms with Crippen molar-refractivity contribution in [3.63, 3.8) is 0 Å². The van der Waals surface area contributed by atoms with Gasteiger partial charge in [-0.15, -0.1) is 0 Å². The molecule has 0 bridgehead atoms. The molecular weight excluding hydrogens is 256 g/mol.